The molecule has 1 atom stereocenters. The first-order chi connectivity index (χ1) is 11.4. The minimum Gasteiger partial charge on any atom is -0.334 e. The number of thiocarbonyl (C=S) groups is 1. The summed E-state index contributed by atoms with van der Waals surface area (Å²) in [5, 5.41) is 12.1. The smallest absolute Gasteiger partial charge is 0.142 e. The maximum atomic E-state index is 10.8. The van der Waals surface area contributed by atoms with Crippen LogP contribution in [0.3, 0.4) is 0 Å². The Balaban J connectivity index is 1.87. The third-order valence-corrected chi connectivity index (χ3v) is 5.96. The van der Waals surface area contributed by atoms with Crippen LogP contribution in [0.4, 0.5) is 5.69 Å². The van der Waals surface area contributed by atoms with Crippen LogP contribution in [0.1, 0.15) is 39.2 Å². The van der Waals surface area contributed by atoms with Crippen LogP contribution in [-0.4, -0.2) is 43.2 Å². The zero-order chi connectivity index (χ0) is 17.3. The normalized spacial score (nSPS) is 23.2. The molecule has 0 aromatic heterocycles. The number of rotatable bonds is 5. The number of thioether (sulfide) groups is 1. The second-order valence-electron chi connectivity index (χ2n) is 6.63. The number of unbranched alkanes of at least 4 members (excludes halogenated alkanes) is 1. The zero-order valence-corrected chi connectivity index (χ0v) is 15.9. The second kappa shape index (κ2) is 6.86. The third kappa shape index (κ3) is 3.23. The number of hydrogen-bond acceptors (Lipinski definition) is 5. The first-order valence-corrected chi connectivity index (χ1v) is 9.48. The standard InChI is InChI=1S/C18H23N3OS2/c1-4-5-10-20-16(18(2,3)24-17(20)23)21(22)12-13-11-19-15-9-7-6-8-14(13)15/h6-9,11-12,16,22H,4-5,10H2,1-3H3/t16-/m1/s1. The van der Waals surface area contributed by atoms with E-state index in [2.05, 4.69) is 30.7 Å². The third-order valence-electron chi connectivity index (χ3n) is 4.33. The zero-order valence-electron chi connectivity index (χ0n) is 14.3. The molecule has 0 amide bonds. The van der Waals surface area contributed by atoms with Crippen molar-refractivity contribution in [3.63, 3.8) is 0 Å². The Kier molecular flexibility index (Phi) is 4.99. The monoisotopic (exact) mass is 361 g/mol. The molecule has 1 saturated heterocycles. The summed E-state index contributed by atoms with van der Waals surface area (Å²) in [4.78, 5) is 6.54. The minimum atomic E-state index is -0.189. The van der Waals surface area contributed by atoms with Crippen LogP contribution < -0.4 is 0 Å². The SMILES string of the molecule is CCCCN1C(=S)SC(C)(C)[C@H]1N(O)C=C1C=Nc2ccccc21. The number of allylic oxidation sites excluding steroid dienone is 1. The Morgan fingerprint density at radius 2 is 2.17 bits per heavy atom. The fourth-order valence-corrected chi connectivity index (χ4v) is 5.10. The Morgan fingerprint density at radius 3 is 2.92 bits per heavy atom. The summed E-state index contributed by atoms with van der Waals surface area (Å²) in [6, 6.07) is 7.96. The molecule has 6 heteroatoms. The average molecular weight is 362 g/mol. The summed E-state index contributed by atoms with van der Waals surface area (Å²) in [6.07, 6.45) is 5.55. The highest BCUT2D eigenvalue weighted by atomic mass is 32.2. The van der Waals surface area contributed by atoms with Crippen molar-refractivity contribution in [3.8, 4) is 0 Å². The quantitative estimate of drug-likeness (QED) is 0.609. The molecule has 1 N–H and O–H groups in total. The lowest BCUT2D eigenvalue weighted by molar-refractivity contribution is -0.121. The van der Waals surface area contributed by atoms with Gasteiger partial charge in [0, 0.05) is 30.1 Å². The summed E-state index contributed by atoms with van der Waals surface area (Å²) in [5.41, 5.74) is 2.90. The molecule has 128 valence electrons. The molecule has 2 aliphatic heterocycles. The predicted molar refractivity (Wildman–Crippen MR) is 106 cm³/mol. The fraction of sp³-hybridized carbons (Fsp3) is 0.444. The van der Waals surface area contributed by atoms with Gasteiger partial charge in [-0.25, -0.2) is 5.06 Å². The summed E-state index contributed by atoms with van der Waals surface area (Å²) in [6.45, 7) is 7.27. The molecule has 0 radical (unpaired) electrons. The highest BCUT2D eigenvalue weighted by Gasteiger charge is 2.47. The molecule has 2 heterocycles. The van der Waals surface area contributed by atoms with Gasteiger partial charge >= 0.3 is 0 Å². The van der Waals surface area contributed by atoms with Crippen LogP contribution in [0.5, 0.6) is 0 Å². The van der Waals surface area contributed by atoms with Crippen molar-refractivity contribution < 1.29 is 5.21 Å². The number of hydroxylamine groups is 2. The van der Waals surface area contributed by atoms with Gasteiger partial charge in [0.05, 0.1) is 10.4 Å². The molecule has 0 aliphatic carbocycles. The molecule has 1 aromatic carbocycles. The molecule has 0 unspecified atom stereocenters. The van der Waals surface area contributed by atoms with Gasteiger partial charge in [-0.2, -0.15) is 0 Å². The molecule has 0 spiro atoms. The molecule has 2 aliphatic rings. The number of aliphatic imine (C=N–C) groups is 1. The Bertz CT molecular complexity index is 699. The minimum absolute atomic E-state index is 0.185. The summed E-state index contributed by atoms with van der Waals surface area (Å²) < 4.78 is 0.669. The molecule has 4 nitrogen and oxygen atoms in total. The van der Waals surface area contributed by atoms with Gasteiger partial charge in [0.15, 0.2) is 0 Å². The molecule has 0 bridgehead atoms. The molecule has 1 aromatic rings. The van der Waals surface area contributed by atoms with E-state index >= 15 is 0 Å². The average Bonchev–Trinajstić information content (AvgIpc) is 3.03. The molecular formula is C18H23N3OS2. The van der Waals surface area contributed by atoms with Crippen molar-refractivity contribution in [2.45, 2.75) is 44.5 Å². The van der Waals surface area contributed by atoms with Crippen molar-refractivity contribution in [3.05, 3.63) is 36.0 Å². The fourth-order valence-electron chi connectivity index (χ4n) is 3.17. The molecule has 1 fully saturated rings. The molecule has 0 saturated carbocycles. The lowest BCUT2D eigenvalue weighted by Gasteiger charge is -2.36. The molecule has 3 rings (SSSR count). The van der Waals surface area contributed by atoms with E-state index in [1.807, 2.05) is 24.3 Å². The number of para-hydroxylation sites is 1. The van der Waals surface area contributed by atoms with Gasteiger partial charge in [-0.05, 0) is 26.3 Å². The van der Waals surface area contributed by atoms with Gasteiger partial charge < -0.3 is 4.90 Å². The molecular weight excluding hydrogens is 338 g/mol. The number of fused-ring (bicyclic) bond motifs is 1. The highest BCUT2D eigenvalue weighted by molar-refractivity contribution is 8.24. The van der Waals surface area contributed by atoms with Gasteiger partial charge in [0.25, 0.3) is 0 Å². The van der Waals surface area contributed by atoms with E-state index in [9.17, 15) is 5.21 Å². The number of benzene rings is 1. The van der Waals surface area contributed by atoms with Gasteiger partial charge in [0.2, 0.25) is 0 Å². The summed E-state index contributed by atoms with van der Waals surface area (Å²) >= 11 is 7.20. The second-order valence-corrected chi connectivity index (χ2v) is 8.92. The van der Waals surface area contributed by atoms with Crippen LogP contribution in [0, 0.1) is 0 Å². The van der Waals surface area contributed by atoms with Crippen molar-refractivity contribution in [2.75, 3.05) is 6.54 Å². The summed E-state index contributed by atoms with van der Waals surface area (Å²) in [5.74, 6) is 0. The van der Waals surface area contributed by atoms with E-state index in [0.717, 1.165) is 40.5 Å². The lowest BCUT2D eigenvalue weighted by Crippen LogP contribution is -2.50. The van der Waals surface area contributed by atoms with Crippen LogP contribution in [-0.2, 0) is 0 Å². The Hall–Kier alpha value is -1.37. The summed E-state index contributed by atoms with van der Waals surface area (Å²) in [7, 11) is 0. The first kappa shape index (κ1) is 17.5. The van der Waals surface area contributed by atoms with Crippen LogP contribution >= 0.6 is 24.0 Å². The van der Waals surface area contributed by atoms with Crippen molar-refractivity contribution in [2.24, 2.45) is 4.99 Å². The highest BCUT2D eigenvalue weighted by Crippen LogP contribution is 2.43. The van der Waals surface area contributed by atoms with Crippen molar-refractivity contribution in [1.29, 1.82) is 0 Å². The van der Waals surface area contributed by atoms with Gasteiger partial charge in [-0.3, -0.25) is 10.2 Å². The van der Waals surface area contributed by atoms with Gasteiger partial charge in [-0.1, -0.05) is 55.5 Å². The van der Waals surface area contributed by atoms with Crippen LogP contribution in [0.25, 0.3) is 5.57 Å². The van der Waals surface area contributed by atoms with Crippen molar-refractivity contribution in [1.82, 2.24) is 9.96 Å². The van der Waals surface area contributed by atoms with Gasteiger partial charge in [-0.15, -0.1) is 0 Å². The van der Waals surface area contributed by atoms with Crippen LogP contribution in [0.2, 0.25) is 0 Å². The van der Waals surface area contributed by atoms with E-state index in [-0.39, 0.29) is 10.9 Å². The maximum absolute atomic E-state index is 10.8. The van der Waals surface area contributed by atoms with Gasteiger partial charge in [0.1, 0.15) is 10.5 Å². The number of nitrogens with zero attached hydrogens (tertiary/aromatic N) is 3. The number of hydrogen-bond donors (Lipinski definition) is 1. The molecule has 24 heavy (non-hydrogen) atoms. The van der Waals surface area contributed by atoms with E-state index in [4.69, 9.17) is 12.2 Å². The lowest BCUT2D eigenvalue weighted by atomic mass is 10.1. The predicted octanol–water partition coefficient (Wildman–Crippen LogP) is 4.67. The van der Waals surface area contributed by atoms with Crippen molar-refractivity contribution >= 4 is 45.8 Å². The first-order valence-electron chi connectivity index (χ1n) is 8.26. The Labute approximate surface area is 153 Å². The van der Waals surface area contributed by atoms with E-state index in [1.54, 1.807) is 24.2 Å². The van der Waals surface area contributed by atoms with E-state index in [1.165, 1.54) is 5.06 Å². The van der Waals surface area contributed by atoms with E-state index < -0.39 is 0 Å². The topological polar surface area (TPSA) is 39.1 Å². The Morgan fingerprint density at radius 1 is 1.42 bits per heavy atom. The maximum Gasteiger partial charge on any atom is 0.142 e. The largest absolute Gasteiger partial charge is 0.334 e. The van der Waals surface area contributed by atoms with E-state index in [0.29, 0.717) is 0 Å². The van der Waals surface area contributed by atoms with Crippen LogP contribution in [0.15, 0.2) is 35.5 Å².